The summed E-state index contributed by atoms with van der Waals surface area (Å²) in [5.41, 5.74) is 0. The van der Waals surface area contributed by atoms with Gasteiger partial charge < -0.3 is 9.59 Å². The lowest BCUT2D eigenvalue weighted by Gasteiger charge is -2.26. The van der Waals surface area contributed by atoms with Crippen LogP contribution in [0, 0.1) is 5.92 Å². The van der Waals surface area contributed by atoms with E-state index in [0.717, 1.165) is 11.0 Å². The lowest BCUT2D eigenvalue weighted by molar-refractivity contribution is -0.873. The fourth-order valence-electron chi connectivity index (χ4n) is 1.30. The summed E-state index contributed by atoms with van der Waals surface area (Å²) in [7, 11) is 6.20. The topological polar surface area (TPSA) is 37.3 Å². The SMILES string of the molecule is CC(CC(=O)O)C[N+](C)(C)C. The van der Waals surface area contributed by atoms with E-state index in [4.69, 9.17) is 5.11 Å². The molecule has 1 unspecified atom stereocenters. The van der Waals surface area contributed by atoms with Crippen molar-refractivity contribution in [2.75, 3.05) is 27.7 Å². The fraction of sp³-hybridized carbons (Fsp3) is 0.875. The smallest absolute Gasteiger partial charge is 0.303 e. The summed E-state index contributed by atoms with van der Waals surface area (Å²) in [6.07, 6.45) is 0.273. The van der Waals surface area contributed by atoms with Crippen molar-refractivity contribution in [1.82, 2.24) is 0 Å². The van der Waals surface area contributed by atoms with E-state index in [1.54, 1.807) is 0 Å². The first-order valence-corrected chi connectivity index (χ1v) is 3.83. The predicted octanol–water partition coefficient (Wildman–Crippen LogP) is 0.803. The molecular formula is C8H18NO2+. The number of rotatable bonds is 4. The molecule has 0 aromatic carbocycles. The Morgan fingerprint density at radius 3 is 2.18 bits per heavy atom. The van der Waals surface area contributed by atoms with Gasteiger partial charge in [0.1, 0.15) is 0 Å². The highest BCUT2D eigenvalue weighted by molar-refractivity contribution is 5.66. The fourth-order valence-corrected chi connectivity index (χ4v) is 1.30. The number of quaternary nitrogens is 1. The van der Waals surface area contributed by atoms with Gasteiger partial charge in [-0.1, -0.05) is 6.92 Å². The lowest BCUT2D eigenvalue weighted by Crippen LogP contribution is -2.38. The Morgan fingerprint density at radius 2 is 1.91 bits per heavy atom. The Morgan fingerprint density at radius 1 is 1.45 bits per heavy atom. The zero-order valence-electron chi connectivity index (χ0n) is 7.79. The number of carbonyl (C=O) groups is 1. The minimum atomic E-state index is -0.703. The second kappa shape index (κ2) is 3.72. The average Bonchev–Trinajstić information content (AvgIpc) is 1.53. The van der Waals surface area contributed by atoms with E-state index in [2.05, 4.69) is 21.1 Å². The molecule has 0 aromatic heterocycles. The second-order valence-corrected chi connectivity index (χ2v) is 4.18. The Kier molecular flexibility index (Phi) is 3.52. The quantitative estimate of drug-likeness (QED) is 0.618. The maximum Gasteiger partial charge on any atom is 0.303 e. The molecule has 11 heavy (non-hydrogen) atoms. The van der Waals surface area contributed by atoms with E-state index >= 15 is 0 Å². The van der Waals surface area contributed by atoms with Crippen molar-refractivity contribution >= 4 is 5.97 Å². The summed E-state index contributed by atoms with van der Waals surface area (Å²) in [6.45, 7) is 2.88. The third-order valence-electron chi connectivity index (χ3n) is 1.38. The van der Waals surface area contributed by atoms with Crippen LogP contribution in [0.2, 0.25) is 0 Å². The first-order valence-electron chi connectivity index (χ1n) is 3.83. The number of aliphatic carboxylic acids is 1. The number of hydrogen-bond acceptors (Lipinski definition) is 1. The van der Waals surface area contributed by atoms with Gasteiger partial charge in [-0.3, -0.25) is 4.79 Å². The minimum absolute atomic E-state index is 0.257. The molecule has 0 spiro atoms. The van der Waals surface area contributed by atoms with Crippen LogP contribution in [-0.2, 0) is 4.79 Å². The molecule has 0 aliphatic carbocycles. The van der Waals surface area contributed by atoms with Crippen molar-refractivity contribution in [2.45, 2.75) is 13.3 Å². The van der Waals surface area contributed by atoms with Gasteiger partial charge in [0.25, 0.3) is 0 Å². The van der Waals surface area contributed by atoms with E-state index in [1.807, 2.05) is 6.92 Å². The summed E-state index contributed by atoms with van der Waals surface area (Å²) in [6, 6.07) is 0. The molecule has 0 aliphatic rings. The molecule has 0 bridgehead atoms. The number of hydrogen-bond donors (Lipinski definition) is 1. The Hall–Kier alpha value is -0.570. The van der Waals surface area contributed by atoms with Gasteiger partial charge in [0.15, 0.2) is 0 Å². The zero-order chi connectivity index (χ0) is 9.07. The van der Waals surface area contributed by atoms with Crippen LogP contribution in [0.15, 0.2) is 0 Å². The molecule has 0 saturated heterocycles. The zero-order valence-corrected chi connectivity index (χ0v) is 7.79. The lowest BCUT2D eigenvalue weighted by atomic mass is 10.1. The summed E-state index contributed by atoms with van der Waals surface area (Å²) in [5, 5.41) is 8.47. The van der Waals surface area contributed by atoms with Crippen molar-refractivity contribution in [3.8, 4) is 0 Å². The van der Waals surface area contributed by atoms with Gasteiger partial charge >= 0.3 is 5.97 Å². The van der Waals surface area contributed by atoms with E-state index in [0.29, 0.717) is 0 Å². The summed E-state index contributed by atoms with van der Waals surface area (Å²) in [4.78, 5) is 10.3. The monoisotopic (exact) mass is 160 g/mol. The maximum atomic E-state index is 10.3. The average molecular weight is 160 g/mol. The van der Waals surface area contributed by atoms with Gasteiger partial charge in [0, 0.05) is 5.92 Å². The highest BCUT2D eigenvalue weighted by Crippen LogP contribution is 2.06. The molecular weight excluding hydrogens is 142 g/mol. The Labute approximate surface area is 68.2 Å². The summed E-state index contributed by atoms with van der Waals surface area (Å²) >= 11 is 0. The first kappa shape index (κ1) is 10.4. The van der Waals surface area contributed by atoms with Gasteiger partial charge in [0.2, 0.25) is 0 Å². The molecule has 0 heterocycles. The molecule has 0 aliphatic heterocycles. The molecule has 3 heteroatoms. The number of carboxylic acid groups (broad SMARTS) is 1. The molecule has 0 aromatic rings. The third kappa shape index (κ3) is 7.33. The van der Waals surface area contributed by atoms with E-state index in [9.17, 15) is 4.79 Å². The molecule has 66 valence electrons. The minimum Gasteiger partial charge on any atom is -0.481 e. The van der Waals surface area contributed by atoms with E-state index < -0.39 is 5.97 Å². The van der Waals surface area contributed by atoms with Gasteiger partial charge in [-0.25, -0.2) is 0 Å². The van der Waals surface area contributed by atoms with Gasteiger partial charge in [-0.15, -0.1) is 0 Å². The molecule has 0 radical (unpaired) electrons. The summed E-state index contributed by atoms with van der Waals surface area (Å²) < 4.78 is 0.828. The predicted molar refractivity (Wildman–Crippen MR) is 44.3 cm³/mol. The highest BCUT2D eigenvalue weighted by Gasteiger charge is 2.15. The van der Waals surface area contributed by atoms with Gasteiger partial charge in [-0.2, -0.15) is 0 Å². The standard InChI is InChI=1S/C8H17NO2/c1-7(5-8(10)11)6-9(2,3)4/h7H,5-6H2,1-4H3/p+1. The van der Waals surface area contributed by atoms with Crippen molar-refractivity contribution in [1.29, 1.82) is 0 Å². The van der Waals surface area contributed by atoms with Crippen LogP contribution in [0.5, 0.6) is 0 Å². The Bertz CT molecular complexity index is 138. The molecule has 1 atom stereocenters. The van der Waals surface area contributed by atoms with Crippen molar-refractivity contribution in [3.05, 3.63) is 0 Å². The van der Waals surface area contributed by atoms with Crippen LogP contribution in [0.25, 0.3) is 0 Å². The third-order valence-corrected chi connectivity index (χ3v) is 1.38. The maximum absolute atomic E-state index is 10.3. The van der Waals surface area contributed by atoms with Crippen LogP contribution >= 0.6 is 0 Å². The van der Waals surface area contributed by atoms with Crippen molar-refractivity contribution in [2.24, 2.45) is 5.92 Å². The molecule has 0 amide bonds. The van der Waals surface area contributed by atoms with Crippen LogP contribution < -0.4 is 0 Å². The second-order valence-electron chi connectivity index (χ2n) is 4.18. The molecule has 3 nitrogen and oxygen atoms in total. The largest absolute Gasteiger partial charge is 0.481 e. The van der Waals surface area contributed by atoms with Gasteiger partial charge in [-0.05, 0) is 0 Å². The van der Waals surface area contributed by atoms with Crippen molar-refractivity contribution < 1.29 is 14.4 Å². The molecule has 0 saturated carbocycles. The Balaban J connectivity index is 3.69. The van der Waals surface area contributed by atoms with Crippen LogP contribution in [-0.4, -0.2) is 43.2 Å². The van der Waals surface area contributed by atoms with E-state index in [-0.39, 0.29) is 12.3 Å². The molecule has 1 N–H and O–H groups in total. The van der Waals surface area contributed by atoms with E-state index in [1.165, 1.54) is 0 Å². The summed E-state index contributed by atoms with van der Waals surface area (Å²) in [5.74, 6) is -0.446. The number of carboxylic acids is 1. The molecule has 0 fully saturated rings. The highest BCUT2D eigenvalue weighted by atomic mass is 16.4. The van der Waals surface area contributed by atoms with Gasteiger partial charge in [0.05, 0.1) is 34.1 Å². The number of nitrogens with zero attached hydrogens (tertiary/aromatic N) is 1. The van der Waals surface area contributed by atoms with Crippen LogP contribution in [0.3, 0.4) is 0 Å². The van der Waals surface area contributed by atoms with Crippen LogP contribution in [0.4, 0.5) is 0 Å². The van der Waals surface area contributed by atoms with Crippen LogP contribution in [0.1, 0.15) is 13.3 Å². The first-order chi connectivity index (χ1) is 4.81. The molecule has 0 rings (SSSR count). The van der Waals surface area contributed by atoms with Crippen molar-refractivity contribution in [3.63, 3.8) is 0 Å². The normalized spacial score (nSPS) is 14.5.